The molecule has 1 N–H and O–H groups in total. The molecule has 1 unspecified atom stereocenters. The van der Waals surface area contributed by atoms with Gasteiger partial charge in [-0.3, -0.25) is 14.9 Å². The van der Waals surface area contributed by atoms with E-state index in [1.165, 1.54) is 12.1 Å². The maximum absolute atomic E-state index is 12.6. The van der Waals surface area contributed by atoms with Gasteiger partial charge in [0.05, 0.1) is 17.6 Å². The van der Waals surface area contributed by atoms with Crippen LogP contribution in [0.4, 0.5) is 5.69 Å². The highest BCUT2D eigenvalue weighted by molar-refractivity contribution is 6.30. The van der Waals surface area contributed by atoms with E-state index in [1.54, 1.807) is 31.2 Å². The molecule has 0 radical (unpaired) electrons. The molecule has 0 fully saturated rings. The summed E-state index contributed by atoms with van der Waals surface area (Å²) in [5.41, 5.74) is 1.38. The van der Waals surface area contributed by atoms with Crippen LogP contribution < -0.4 is 10.1 Å². The van der Waals surface area contributed by atoms with Gasteiger partial charge in [-0.25, -0.2) is 0 Å². The molecule has 24 heavy (non-hydrogen) atoms. The first kappa shape index (κ1) is 16.3. The highest BCUT2D eigenvalue weighted by Crippen LogP contribution is 2.34. The van der Waals surface area contributed by atoms with Crippen LogP contribution in [-0.2, 0) is 0 Å². The molecule has 2 aromatic carbocycles. The van der Waals surface area contributed by atoms with Crippen LogP contribution in [-0.4, -0.2) is 17.4 Å². The molecule has 0 saturated carbocycles. The number of carbonyl (C=O) groups excluding carboxylic acids is 1. The van der Waals surface area contributed by atoms with E-state index >= 15 is 0 Å². The van der Waals surface area contributed by atoms with Gasteiger partial charge in [0, 0.05) is 34.2 Å². The van der Waals surface area contributed by atoms with Gasteiger partial charge in [-0.15, -0.1) is 0 Å². The zero-order chi connectivity index (χ0) is 17.3. The highest BCUT2D eigenvalue weighted by atomic mass is 35.5. The molecule has 1 aliphatic rings. The van der Waals surface area contributed by atoms with Crippen molar-refractivity contribution in [1.29, 1.82) is 0 Å². The number of nitro groups is 1. The molecule has 1 aliphatic heterocycles. The molecule has 2 aromatic rings. The third-order valence-corrected chi connectivity index (χ3v) is 4.30. The average molecular weight is 347 g/mol. The predicted molar refractivity (Wildman–Crippen MR) is 89.6 cm³/mol. The minimum atomic E-state index is -0.490. The molecular formula is C17H15ClN2O4. The Morgan fingerprint density at radius 1 is 1.38 bits per heavy atom. The summed E-state index contributed by atoms with van der Waals surface area (Å²) in [5.74, 6) is 0.334. The SMILES string of the molecule is Cc1c(C(=O)NC2CCOc3ccc(Cl)cc32)cccc1[N+](=O)[O-]. The summed E-state index contributed by atoms with van der Waals surface area (Å²) in [4.78, 5) is 23.1. The van der Waals surface area contributed by atoms with E-state index in [2.05, 4.69) is 5.32 Å². The number of hydrogen-bond donors (Lipinski definition) is 1. The lowest BCUT2D eigenvalue weighted by molar-refractivity contribution is -0.385. The van der Waals surface area contributed by atoms with Gasteiger partial charge in [0.25, 0.3) is 11.6 Å². The van der Waals surface area contributed by atoms with E-state index in [-0.39, 0.29) is 17.6 Å². The van der Waals surface area contributed by atoms with Crippen LogP contribution in [0, 0.1) is 17.0 Å². The smallest absolute Gasteiger partial charge is 0.273 e. The summed E-state index contributed by atoms with van der Waals surface area (Å²) in [6.45, 7) is 2.05. The Morgan fingerprint density at radius 3 is 2.92 bits per heavy atom. The van der Waals surface area contributed by atoms with E-state index in [0.29, 0.717) is 34.9 Å². The Hall–Kier alpha value is -2.60. The maximum Gasteiger partial charge on any atom is 0.273 e. The summed E-state index contributed by atoms with van der Waals surface area (Å²) >= 11 is 6.03. The number of fused-ring (bicyclic) bond motifs is 1. The fourth-order valence-corrected chi connectivity index (χ4v) is 3.00. The molecule has 1 amide bonds. The fourth-order valence-electron chi connectivity index (χ4n) is 2.82. The van der Waals surface area contributed by atoms with Gasteiger partial charge in [-0.05, 0) is 31.2 Å². The van der Waals surface area contributed by atoms with Gasteiger partial charge in [0.1, 0.15) is 5.75 Å². The molecule has 7 heteroatoms. The van der Waals surface area contributed by atoms with Gasteiger partial charge in [0.15, 0.2) is 0 Å². The van der Waals surface area contributed by atoms with Crippen molar-refractivity contribution < 1.29 is 14.5 Å². The number of amides is 1. The first-order valence-corrected chi connectivity index (χ1v) is 7.82. The minimum Gasteiger partial charge on any atom is -0.493 e. The molecule has 0 saturated heterocycles. The van der Waals surface area contributed by atoms with E-state index in [0.717, 1.165) is 5.56 Å². The Morgan fingerprint density at radius 2 is 2.17 bits per heavy atom. The molecule has 1 heterocycles. The van der Waals surface area contributed by atoms with E-state index < -0.39 is 4.92 Å². The summed E-state index contributed by atoms with van der Waals surface area (Å²) in [6.07, 6.45) is 0.604. The van der Waals surface area contributed by atoms with Crippen LogP contribution in [0.2, 0.25) is 5.02 Å². The number of carbonyl (C=O) groups is 1. The normalized spacial score (nSPS) is 16.0. The van der Waals surface area contributed by atoms with Crippen molar-refractivity contribution in [2.24, 2.45) is 0 Å². The van der Waals surface area contributed by atoms with Gasteiger partial charge in [-0.2, -0.15) is 0 Å². The lowest BCUT2D eigenvalue weighted by Gasteiger charge is -2.27. The van der Waals surface area contributed by atoms with Crippen LogP contribution >= 0.6 is 11.6 Å². The first-order chi connectivity index (χ1) is 11.5. The number of ether oxygens (including phenoxy) is 1. The molecular weight excluding hydrogens is 332 g/mol. The number of rotatable bonds is 3. The van der Waals surface area contributed by atoms with Crippen LogP contribution in [0.3, 0.4) is 0 Å². The zero-order valence-electron chi connectivity index (χ0n) is 12.9. The van der Waals surface area contributed by atoms with E-state index in [1.807, 2.05) is 0 Å². The van der Waals surface area contributed by atoms with Crippen LogP contribution in [0.25, 0.3) is 0 Å². The number of benzene rings is 2. The Balaban J connectivity index is 1.88. The number of nitro benzene ring substituents is 1. The van der Waals surface area contributed by atoms with E-state index in [9.17, 15) is 14.9 Å². The summed E-state index contributed by atoms with van der Waals surface area (Å²) in [7, 11) is 0. The predicted octanol–water partition coefficient (Wildman–Crippen LogP) is 3.81. The summed E-state index contributed by atoms with van der Waals surface area (Å²) in [6, 6.07) is 9.49. The van der Waals surface area contributed by atoms with E-state index in [4.69, 9.17) is 16.3 Å². The van der Waals surface area contributed by atoms with Crippen LogP contribution in [0.15, 0.2) is 36.4 Å². The molecule has 124 valence electrons. The molecule has 0 aromatic heterocycles. The highest BCUT2D eigenvalue weighted by Gasteiger charge is 2.25. The third kappa shape index (κ3) is 3.05. The van der Waals surface area contributed by atoms with Crippen molar-refractivity contribution in [3.63, 3.8) is 0 Å². The molecule has 0 aliphatic carbocycles. The van der Waals surface area contributed by atoms with Gasteiger partial charge >= 0.3 is 0 Å². The van der Waals surface area contributed by atoms with Crippen molar-refractivity contribution in [3.8, 4) is 5.75 Å². The molecule has 6 nitrogen and oxygen atoms in total. The van der Waals surface area contributed by atoms with Crippen LogP contribution in [0.1, 0.15) is 33.9 Å². The summed E-state index contributed by atoms with van der Waals surface area (Å²) < 4.78 is 5.57. The fraction of sp³-hybridized carbons (Fsp3) is 0.235. The molecule has 1 atom stereocenters. The largest absolute Gasteiger partial charge is 0.493 e. The van der Waals surface area contributed by atoms with Crippen molar-refractivity contribution >= 4 is 23.2 Å². The van der Waals surface area contributed by atoms with Crippen molar-refractivity contribution in [2.45, 2.75) is 19.4 Å². The van der Waals surface area contributed by atoms with Gasteiger partial charge in [0.2, 0.25) is 0 Å². The quantitative estimate of drug-likeness (QED) is 0.676. The monoisotopic (exact) mass is 346 g/mol. The molecule has 0 spiro atoms. The molecule has 3 rings (SSSR count). The Bertz CT molecular complexity index is 822. The van der Waals surface area contributed by atoms with Gasteiger partial charge < -0.3 is 10.1 Å². The molecule has 0 bridgehead atoms. The van der Waals surface area contributed by atoms with Crippen LogP contribution in [0.5, 0.6) is 5.75 Å². The average Bonchev–Trinajstić information content (AvgIpc) is 2.55. The third-order valence-electron chi connectivity index (χ3n) is 4.06. The number of nitrogens with one attached hydrogen (secondary N) is 1. The van der Waals surface area contributed by atoms with Crippen molar-refractivity contribution in [2.75, 3.05) is 6.61 Å². The number of halogens is 1. The second kappa shape index (κ2) is 6.49. The van der Waals surface area contributed by atoms with Crippen molar-refractivity contribution in [3.05, 3.63) is 68.2 Å². The zero-order valence-corrected chi connectivity index (χ0v) is 13.7. The number of hydrogen-bond acceptors (Lipinski definition) is 4. The lowest BCUT2D eigenvalue weighted by Crippen LogP contribution is -2.32. The Labute approximate surface area is 143 Å². The maximum atomic E-state index is 12.6. The van der Waals surface area contributed by atoms with Gasteiger partial charge in [-0.1, -0.05) is 17.7 Å². The minimum absolute atomic E-state index is 0.0712. The second-order valence-electron chi connectivity index (χ2n) is 5.55. The first-order valence-electron chi connectivity index (χ1n) is 7.44. The number of nitrogens with zero attached hydrogens (tertiary/aromatic N) is 1. The lowest BCUT2D eigenvalue weighted by atomic mass is 9.99. The second-order valence-corrected chi connectivity index (χ2v) is 5.99. The standard InChI is InChI=1S/C17H15ClN2O4/c1-10-12(3-2-4-15(10)20(22)23)17(21)19-14-7-8-24-16-6-5-11(18)9-13(14)16/h2-6,9,14H,7-8H2,1H3,(H,19,21). The van der Waals surface area contributed by atoms with Crippen molar-refractivity contribution in [1.82, 2.24) is 5.32 Å². The Kier molecular flexibility index (Phi) is 4.40. The topological polar surface area (TPSA) is 81.5 Å². The summed E-state index contributed by atoms with van der Waals surface area (Å²) in [5, 5.41) is 14.5.